The lowest BCUT2D eigenvalue weighted by atomic mass is 9.99. The van der Waals surface area contributed by atoms with E-state index in [0.717, 1.165) is 46.7 Å². The Hall–Kier alpha value is -3.26. The number of carbonyl (C=O) groups is 2. The number of carbonyl (C=O) groups excluding carboxylic acids is 2. The molecule has 32 heavy (non-hydrogen) atoms. The van der Waals surface area contributed by atoms with Gasteiger partial charge >= 0.3 is 0 Å². The number of ether oxygens (including phenoxy) is 1. The molecule has 0 aliphatic carbocycles. The Bertz CT molecular complexity index is 1110. The van der Waals surface area contributed by atoms with E-state index in [0.29, 0.717) is 37.2 Å². The van der Waals surface area contributed by atoms with Gasteiger partial charge in [-0.2, -0.15) is 0 Å². The molecule has 4 rings (SSSR count). The van der Waals surface area contributed by atoms with Crippen molar-refractivity contribution in [3.05, 3.63) is 75.3 Å². The molecular formula is C24H26N4O3S. The van der Waals surface area contributed by atoms with Crippen molar-refractivity contribution < 1.29 is 14.3 Å². The van der Waals surface area contributed by atoms with Gasteiger partial charge in [-0.15, -0.1) is 5.10 Å². The number of aromatic nitrogens is 2. The van der Waals surface area contributed by atoms with Crippen LogP contribution in [0.1, 0.15) is 61.7 Å². The minimum atomic E-state index is -0.159. The summed E-state index contributed by atoms with van der Waals surface area (Å²) >= 11 is 1.29. The van der Waals surface area contributed by atoms with Gasteiger partial charge in [0.1, 0.15) is 5.75 Å². The first-order chi connectivity index (χ1) is 15.6. The number of aryl methyl sites for hydroxylation is 1. The van der Waals surface area contributed by atoms with Crippen molar-refractivity contribution in [1.29, 1.82) is 0 Å². The summed E-state index contributed by atoms with van der Waals surface area (Å²) in [4.78, 5) is 26.1. The summed E-state index contributed by atoms with van der Waals surface area (Å²) < 4.78 is 9.97. The van der Waals surface area contributed by atoms with E-state index in [-0.39, 0.29) is 11.8 Å². The van der Waals surface area contributed by atoms with Gasteiger partial charge in [-0.1, -0.05) is 16.6 Å². The molecule has 0 saturated carbocycles. The number of fused-ring (bicyclic) bond motifs is 3. The number of nitrogens with one attached hydrogen (secondary N) is 2. The third-order valence-electron chi connectivity index (χ3n) is 5.43. The Morgan fingerprint density at radius 2 is 2.09 bits per heavy atom. The number of benzene rings is 2. The van der Waals surface area contributed by atoms with Gasteiger partial charge in [0.2, 0.25) is 0 Å². The molecule has 0 fully saturated rings. The Morgan fingerprint density at radius 3 is 2.94 bits per heavy atom. The highest BCUT2D eigenvalue weighted by Crippen LogP contribution is 2.25. The van der Waals surface area contributed by atoms with E-state index < -0.39 is 0 Å². The second-order valence-corrected chi connectivity index (χ2v) is 8.67. The molecule has 166 valence electrons. The van der Waals surface area contributed by atoms with Crippen molar-refractivity contribution in [2.24, 2.45) is 0 Å². The second-order valence-electron chi connectivity index (χ2n) is 7.83. The Kier molecular flexibility index (Phi) is 7.11. The molecular weight excluding hydrogens is 424 g/mol. The monoisotopic (exact) mass is 450 g/mol. The number of hydrogen-bond acceptors (Lipinski definition) is 6. The van der Waals surface area contributed by atoms with E-state index in [1.54, 1.807) is 6.07 Å². The van der Waals surface area contributed by atoms with Gasteiger partial charge < -0.3 is 15.4 Å². The SMILES string of the molecule is Cc1nnsc1CNC(=O)c1ccc2c(c1)Cc1cccc(c1)C(=O)NCCCCCO2. The molecule has 0 spiro atoms. The van der Waals surface area contributed by atoms with Crippen LogP contribution in [-0.4, -0.2) is 34.6 Å². The van der Waals surface area contributed by atoms with Crippen molar-refractivity contribution >= 4 is 23.3 Å². The van der Waals surface area contributed by atoms with Crippen molar-refractivity contribution in [3.63, 3.8) is 0 Å². The van der Waals surface area contributed by atoms with Gasteiger partial charge in [0.05, 0.1) is 23.7 Å². The van der Waals surface area contributed by atoms with Gasteiger partial charge in [0.25, 0.3) is 11.8 Å². The van der Waals surface area contributed by atoms with Crippen LogP contribution in [0.4, 0.5) is 0 Å². The van der Waals surface area contributed by atoms with Crippen LogP contribution in [0.25, 0.3) is 0 Å². The van der Waals surface area contributed by atoms with Crippen molar-refractivity contribution in [2.75, 3.05) is 13.2 Å². The Labute approximate surface area is 191 Å². The zero-order chi connectivity index (χ0) is 22.3. The molecule has 2 aromatic carbocycles. The summed E-state index contributed by atoms with van der Waals surface area (Å²) in [5, 5.41) is 9.90. The zero-order valence-electron chi connectivity index (χ0n) is 18.0. The lowest BCUT2D eigenvalue weighted by molar-refractivity contribution is 0.0944. The van der Waals surface area contributed by atoms with E-state index in [1.165, 1.54) is 11.5 Å². The maximum absolute atomic E-state index is 12.8. The largest absolute Gasteiger partial charge is 0.493 e. The van der Waals surface area contributed by atoms with Gasteiger partial charge in [0, 0.05) is 24.1 Å². The molecule has 7 nitrogen and oxygen atoms in total. The molecule has 2 amide bonds. The second kappa shape index (κ2) is 10.4. The summed E-state index contributed by atoms with van der Waals surface area (Å²) in [5.41, 5.74) is 3.95. The van der Waals surface area contributed by atoms with Crippen LogP contribution < -0.4 is 15.4 Å². The van der Waals surface area contributed by atoms with Crippen LogP contribution >= 0.6 is 11.5 Å². The quantitative estimate of drug-likeness (QED) is 0.635. The van der Waals surface area contributed by atoms with Crippen LogP contribution in [0.5, 0.6) is 5.75 Å². The van der Waals surface area contributed by atoms with E-state index >= 15 is 0 Å². The molecule has 2 N–H and O–H groups in total. The van der Waals surface area contributed by atoms with E-state index in [9.17, 15) is 9.59 Å². The number of amides is 2. The van der Waals surface area contributed by atoms with Crippen LogP contribution in [0.3, 0.4) is 0 Å². The first-order valence-corrected chi connectivity index (χ1v) is 11.6. The molecule has 0 unspecified atom stereocenters. The van der Waals surface area contributed by atoms with Crippen LogP contribution in [0.15, 0.2) is 42.5 Å². The standard InChI is InChI=1S/C24H26N4O3S/c1-16-22(32-28-27-16)15-26-24(30)19-8-9-21-20(14-19)13-17-6-5-7-18(12-17)23(29)25-10-3-2-4-11-31-21/h5-9,12,14H,2-4,10-11,13,15H2,1H3,(H,25,29)(H,26,30). The number of nitrogens with zero attached hydrogens (tertiary/aromatic N) is 2. The molecule has 0 radical (unpaired) electrons. The fourth-order valence-electron chi connectivity index (χ4n) is 3.61. The highest BCUT2D eigenvalue weighted by Gasteiger charge is 2.14. The number of hydrogen-bond donors (Lipinski definition) is 2. The predicted molar refractivity (Wildman–Crippen MR) is 123 cm³/mol. The predicted octanol–water partition coefficient (Wildman–Crippen LogP) is 3.66. The molecule has 1 aromatic heterocycles. The molecule has 8 heteroatoms. The topological polar surface area (TPSA) is 93.2 Å². The summed E-state index contributed by atoms with van der Waals surface area (Å²) in [5.74, 6) is 0.561. The summed E-state index contributed by atoms with van der Waals surface area (Å²) in [6.45, 7) is 3.54. The molecule has 1 aliphatic rings. The molecule has 2 heterocycles. The van der Waals surface area contributed by atoms with Crippen LogP contribution in [0.2, 0.25) is 0 Å². The van der Waals surface area contributed by atoms with E-state index in [1.807, 2.05) is 43.3 Å². The maximum Gasteiger partial charge on any atom is 0.251 e. The third kappa shape index (κ3) is 5.50. The van der Waals surface area contributed by atoms with Gasteiger partial charge in [-0.3, -0.25) is 9.59 Å². The molecule has 1 aliphatic heterocycles. The van der Waals surface area contributed by atoms with Crippen molar-refractivity contribution in [2.45, 2.75) is 39.2 Å². The average molecular weight is 451 g/mol. The minimum Gasteiger partial charge on any atom is -0.493 e. The average Bonchev–Trinajstić information content (AvgIpc) is 3.21. The maximum atomic E-state index is 12.8. The Balaban J connectivity index is 1.57. The molecule has 0 atom stereocenters. The van der Waals surface area contributed by atoms with Gasteiger partial charge in [-0.25, -0.2) is 0 Å². The van der Waals surface area contributed by atoms with Crippen LogP contribution in [0, 0.1) is 6.92 Å². The fraction of sp³-hybridized carbons (Fsp3) is 0.333. The normalized spacial score (nSPS) is 14.5. The molecule has 0 saturated heterocycles. The van der Waals surface area contributed by atoms with E-state index in [4.69, 9.17) is 4.74 Å². The van der Waals surface area contributed by atoms with Crippen molar-refractivity contribution in [1.82, 2.24) is 20.2 Å². The van der Waals surface area contributed by atoms with Crippen LogP contribution in [-0.2, 0) is 13.0 Å². The summed E-state index contributed by atoms with van der Waals surface area (Å²) in [6, 6.07) is 13.1. The summed E-state index contributed by atoms with van der Waals surface area (Å²) in [6.07, 6.45) is 3.36. The summed E-state index contributed by atoms with van der Waals surface area (Å²) in [7, 11) is 0. The van der Waals surface area contributed by atoms with Crippen molar-refractivity contribution in [3.8, 4) is 5.75 Å². The fourth-order valence-corrected chi connectivity index (χ4v) is 4.18. The van der Waals surface area contributed by atoms with Gasteiger partial charge in [0.15, 0.2) is 0 Å². The molecule has 3 aromatic rings. The Morgan fingerprint density at radius 1 is 1.19 bits per heavy atom. The van der Waals surface area contributed by atoms with E-state index in [2.05, 4.69) is 20.2 Å². The lowest BCUT2D eigenvalue weighted by Gasteiger charge is -2.15. The minimum absolute atomic E-state index is 0.0543. The van der Waals surface area contributed by atoms with Gasteiger partial charge in [-0.05, 0) is 79.2 Å². The smallest absolute Gasteiger partial charge is 0.251 e. The zero-order valence-corrected chi connectivity index (χ0v) is 18.8. The highest BCUT2D eigenvalue weighted by molar-refractivity contribution is 7.05. The first-order valence-electron chi connectivity index (χ1n) is 10.8. The number of rotatable bonds is 3. The third-order valence-corrected chi connectivity index (χ3v) is 6.25. The first kappa shape index (κ1) is 22.0. The lowest BCUT2D eigenvalue weighted by Crippen LogP contribution is -2.24. The molecule has 2 bridgehead atoms. The highest BCUT2D eigenvalue weighted by atomic mass is 32.1.